The summed E-state index contributed by atoms with van der Waals surface area (Å²) in [5, 5.41) is 9.85. The first kappa shape index (κ1) is 9.90. The summed E-state index contributed by atoms with van der Waals surface area (Å²) >= 11 is 0. The van der Waals surface area contributed by atoms with Crippen LogP contribution in [0.1, 0.15) is 18.4 Å². The zero-order valence-electron chi connectivity index (χ0n) is 8.83. The minimum atomic E-state index is -0.725. The van der Waals surface area contributed by atoms with Gasteiger partial charge in [0.2, 0.25) is 0 Å². The lowest BCUT2D eigenvalue weighted by Crippen LogP contribution is -2.19. The third-order valence-electron chi connectivity index (χ3n) is 3.09. The maximum absolute atomic E-state index is 13.7. The van der Waals surface area contributed by atoms with Crippen LogP contribution >= 0.6 is 0 Å². The molecule has 0 radical (unpaired) electrons. The van der Waals surface area contributed by atoms with Crippen LogP contribution in [-0.4, -0.2) is 23.9 Å². The van der Waals surface area contributed by atoms with Crippen LogP contribution in [0.4, 0.5) is 4.39 Å². The van der Waals surface area contributed by atoms with Crippen LogP contribution in [0.2, 0.25) is 0 Å². The van der Waals surface area contributed by atoms with Gasteiger partial charge >= 0.3 is 0 Å². The first-order valence-corrected chi connectivity index (χ1v) is 5.47. The van der Waals surface area contributed by atoms with Gasteiger partial charge < -0.3 is 14.6 Å². The fraction of sp³-hybridized carbons (Fsp3) is 0.500. The quantitative estimate of drug-likeness (QED) is 0.830. The molecule has 1 aliphatic heterocycles. The summed E-state index contributed by atoms with van der Waals surface area (Å²) in [4.78, 5) is 0. The Labute approximate surface area is 92.8 Å². The number of fused-ring (bicyclic) bond motifs is 1. The van der Waals surface area contributed by atoms with Crippen LogP contribution in [0.3, 0.4) is 0 Å². The minimum Gasteiger partial charge on any atom is -0.486 e. The molecule has 0 amide bonds. The average molecular weight is 224 g/mol. The lowest BCUT2D eigenvalue weighted by molar-refractivity contribution is 0.141. The second-order valence-electron chi connectivity index (χ2n) is 4.45. The molecule has 3 rings (SSSR count). The maximum Gasteiger partial charge on any atom is 0.167 e. The highest BCUT2D eigenvalue weighted by Crippen LogP contribution is 2.43. The molecule has 86 valence electrons. The Morgan fingerprint density at radius 2 is 2.00 bits per heavy atom. The van der Waals surface area contributed by atoms with E-state index in [1.165, 1.54) is 6.07 Å². The molecular formula is C12H13FO3. The second-order valence-corrected chi connectivity index (χ2v) is 4.45. The lowest BCUT2D eigenvalue weighted by Gasteiger charge is -2.22. The van der Waals surface area contributed by atoms with E-state index in [9.17, 15) is 9.50 Å². The Hall–Kier alpha value is -1.29. The van der Waals surface area contributed by atoms with Crippen molar-refractivity contribution in [1.82, 2.24) is 0 Å². The third kappa shape index (κ3) is 1.63. The van der Waals surface area contributed by atoms with Crippen molar-refractivity contribution in [2.45, 2.75) is 24.9 Å². The fourth-order valence-electron chi connectivity index (χ4n) is 1.96. The first-order valence-electron chi connectivity index (χ1n) is 5.47. The highest BCUT2D eigenvalue weighted by atomic mass is 19.1. The summed E-state index contributed by atoms with van der Waals surface area (Å²) in [5.74, 6) is 0.711. The van der Waals surface area contributed by atoms with Gasteiger partial charge in [-0.15, -0.1) is 0 Å². The Bertz CT molecular complexity index is 427. The highest BCUT2D eigenvalue weighted by molar-refractivity contribution is 5.49. The van der Waals surface area contributed by atoms with Gasteiger partial charge in [0.05, 0.1) is 5.60 Å². The van der Waals surface area contributed by atoms with E-state index in [-0.39, 0.29) is 5.82 Å². The van der Waals surface area contributed by atoms with E-state index in [4.69, 9.17) is 9.47 Å². The predicted molar refractivity (Wildman–Crippen MR) is 55.3 cm³/mol. The van der Waals surface area contributed by atoms with Gasteiger partial charge in [-0.2, -0.15) is 0 Å². The normalized spacial score (nSPS) is 20.6. The molecule has 1 aromatic rings. The summed E-state index contributed by atoms with van der Waals surface area (Å²) in [6, 6.07) is 2.94. The zero-order valence-corrected chi connectivity index (χ0v) is 8.83. The van der Waals surface area contributed by atoms with E-state index in [0.29, 0.717) is 36.7 Å². The number of halogens is 1. The summed E-state index contributed by atoms with van der Waals surface area (Å²) < 4.78 is 24.5. The molecule has 1 saturated carbocycles. The number of aliphatic hydroxyl groups is 1. The van der Waals surface area contributed by atoms with Crippen LogP contribution in [-0.2, 0) is 6.42 Å². The Kier molecular flexibility index (Phi) is 2.07. The van der Waals surface area contributed by atoms with E-state index < -0.39 is 5.60 Å². The van der Waals surface area contributed by atoms with Gasteiger partial charge in [-0.1, -0.05) is 0 Å². The fourth-order valence-corrected chi connectivity index (χ4v) is 1.96. The van der Waals surface area contributed by atoms with E-state index in [0.717, 1.165) is 12.8 Å². The Morgan fingerprint density at radius 1 is 1.25 bits per heavy atom. The van der Waals surface area contributed by atoms with Gasteiger partial charge in [0.1, 0.15) is 19.0 Å². The molecule has 1 fully saturated rings. The smallest absolute Gasteiger partial charge is 0.167 e. The first-order chi connectivity index (χ1) is 7.68. The standard InChI is InChI=1S/C12H13FO3/c13-9-1-2-10-11(16-6-5-15-10)8(9)7-12(14)3-4-12/h1-2,14H,3-7H2. The highest BCUT2D eigenvalue weighted by Gasteiger charge is 2.42. The predicted octanol–water partition coefficient (Wildman–Crippen LogP) is 1.66. The number of ether oxygens (including phenoxy) is 2. The van der Waals surface area contributed by atoms with Crippen LogP contribution in [0.25, 0.3) is 0 Å². The van der Waals surface area contributed by atoms with Gasteiger partial charge in [-0.3, -0.25) is 0 Å². The molecule has 0 spiro atoms. The molecular weight excluding hydrogens is 211 g/mol. The van der Waals surface area contributed by atoms with Crippen LogP contribution in [0.15, 0.2) is 12.1 Å². The van der Waals surface area contributed by atoms with Crippen LogP contribution in [0, 0.1) is 5.82 Å². The van der Waals surface area contributed by atoms with Crippen molar-refractivity contribution < 1.29 is 19.0 Å². The second kappa shape index (κ2) is 3.35. The summed E-state index contributed by atoms with van der Waals surface area (Å²) in [6.07, 6.45) is 1.78. The SMILES string of the molecule is OC1(Cc2c(F)ccc3c2OCCO3)CC1. The molecule has 1 aliphatic carbocycles. The van der Waals surface area contributed by atoms with Gasteiger partial charge in [0, 0.05) is 12.0 Å². The Morgan fingerprint density at radius 3 is 2.75 bits per heavy atom. The number of hydrogen-bond donors (Lipinski definition) is 1. The van der Waals surface area contributed by atoms with Crippen molar-refractivity contribution in [2.24, 2.45) is 0 Å². The molecule has 4 heteroatoms. The molecule has 1 heterocycles. The van der Waals surface area contributed by atoms with Crippen molar-refractivity contribution in [2.75, 3.05) is 13.2 Å². The van der Waals surface area contributed by atoms with Gasteiger partial charge in [0.15, 0.2) is 11.5 Å². The van der Waals surface area contributed by atoms with Crippen LogP contribution in [0.5, 0.6) is 11.5 Å². The van der Waals surface area contributed by atoms with Crippen molar-refractivity contribution in [3.05, 3.63) is 23.5 Å². The molecule has 0 saturated heterocycles. The van der Waals surface area contributed by atoms with Gasteiger partial charge in [-0.05, 0) is 25.0 Å². The van der Waals surface area contributed by atoms with Crippen molar-refractivity contribution in [3.8, 4) is 11.5 Å². The monoisotopic (exact) mass is 224 g/mol. The summed E-state index contributed by atoms with van der Waals surface area (Å²) in [7, 11) is 0. The average Bonchev–Trinajstić information content (AvgIpc) is 3.01. The Balaban J connectivity index is 2.00. The summed E-state index contributed by atoms with van der Waals surface area (Å²) in [5.41, 5.74) is -0.284. The van der Waals surface area contributed by atoms with Crippen molar-refractivity contribution >= 4 is 0 Å². The van der Waals surface area contributed by atoms with Crippen molar-refractivity contribution in [3.63, 3.8) is 0 Å². The van der Waals surface area contributed by atoms with E-state index in [1.54, 1.807) is 6.07 Å². The maximum atomic E-state index is 13.7. The van der Waals surface area contributed by atoms with Gasteiger partial charge in [0.25, 0.3) is 0 Å². The number of hydrogen-bond acceptors (Lipinski definition) is 3. The van der Waals surface area contributed by atoms with E-state index in [2.05, 4.69) is 0 Å². The molecule has 0 unspecified atom stereocenters. The molecule has 0 atom stereocenters. The molecule has 1 aromatic carbocycles. The number of rotatable bonds is 2. The molecule has 3 nitrogen and oxygen atoms in total. The van der Waals surface area contributed by atoms with E-state index in [1.807, 2.05) is 0 Å². The lowest BCUT2D eigenvalue weighted by atomic mass is 10.0. The summed E-state index contributed by atoms with van der Waals surface area (Å²) in [6.45, 7) is 0.921. The van der Waals surface area contributed by atoms with Crippen LogP contribution < -0.4 is 9.47 Å². The van der Waals surface area contributed by atoms with E-state index >= 15 is 0 Å². The largest absolute Gasteiger partial charge is 0.486 e. The van der Waals surface area contributed by atoms with Gasteiger partial charge in [-0.25, -0.2) is 4.39 Å². The molecule has 2 aliphatic rings. The minimum absolute atomic E-state index is 0.311. The topological polar surface area (TPSA) is 38.7 Å². The molecule has 16 heavy (non-hydrogen) atoms. The van der Waals surface area contributed by atoms with Crippen molar-refractivity contribution in [1.29, 1.82) is 0 Å². The molecule has 0 bridgehead atoms. The molecule has 0 aromatic heterocycles. The molecule has 1 N–H and O–H groups in total. The zero-order chi connectivity index (χ0) is 11.2. The number of benzene rings is 1. The third-order valence-corrected chi connectivity index (χ3v) is 3.09.